The molecule has 6 nitrogen and oxygen atoms in total. The Morgan fingerprint density at radius 2 is 2.09 bits per heavy atom. The number of aromatic amines is 1. The van der Waals surface area contributed by atoms with Gasteiger partial charge in [0.25, 0.3) is 6.02 Å². The van der Waals surface area contributed by atoms with E-state index in [0.717, 1.165) is 42.8 Å². The maximum absolute atomic E-state index is 6.11. The van der Waals surface area contributed by atoms with E-state index in [9.17, 15) is 0 Å². The minimum atomic E-state index is -0.339. The number of aromatic nitrogens is 2. The molecule has 3 saturated heterocycles. The Balaban J connectivity index is 1.64. The number of H-pyrrole nitrogens is 1. The number of aliphatic imine (C=N–C) groups is 1. The van der Waals surface area contributed by atoms with Crippen LogP contribution in [0.1, 0.15) is 24.7 Å². The Bertz CT molecular complexity index is 728. The van der Waals surface area contributed by atoms with Crippen LogP contribution in [0.15, 0.2) is 29.3 Å². The second-order valence-corrected chi connectivity index (χ2v) is 6.56. The summed E-state index contributed by atoms with van der Waals surface area (Å²) in [4.78, 5) is 15.2. The number of benzene rings is 1. The van der Waals surface area contributed by atoms with Gasteiger partial charge in [0.2, 0.25) is 0 Å². The van der Waals surface area contributed by atoms with Crippen molar-refractivity contribution < 1.29 is 4.74 Å². The van der Waals surface area contributed by atoms with Crippen LogP contribution in [0.2, 0.25) is 0 Å². The van der Waals surface area contributed by atoms with Gasteiger partial charge in [-0.05, 0) is 38.1 Å². The topological polar surface area (TPSA) is 79.5 Å². The number of nitrogens with two attached hydrogens (primary N) is 1. The average molecular weight is 297 g/mol. The normalized spacial score (nSPS) is 36.7. The maximum atomic E-state index is 6.11. The molecular weight excluding hydrogens is 278 g/mol. The molecule has 5 heterocycles. The molecule has 4 aliphatic rings. The van der Waals surface area contributed by atoms with Crippen molar-refractivity contribution in [2.24, 2.45) is 16.6 Å². The van der Waals surface area contributed by atoms with E-state index in [4.69, 9.17) is 15.5 Å². The Hall–Kier alpha value is -2.08. The summed E-state index contributed by atoms with van der Waals surface area (Å²) in [5.74, 6) is 1.48. The molecule has 2 unspecified atom stereocenters. The molecule has 6 heteroatoms. The molecule has 0 saturated carbocycles. The molecule has 1 aromatic heterocycles. The number of nitrogens with one attached hydrogen (secondary N) is 1. The zero-order chi connectivity index (χ0) is 14.7. The third kappa shape index (κ3) is 1.53. The van der Waals surface area contributed by atoms with Gasteiger partial charge in [-0.15, -0.1) is 0 Å². The third-order valence-corrected chi connectivity index (χ3v) is 5.49. The lowest BCUT2D eigenvalue weighted by Gasteiger charge is -2.54. The molecule has 1 spiro atoms. The number of hydrogen-bond donors (Lipinski definition) is 2. The molecule has 6 rings (SSSR count). The predicted molar refractivity (Wildman–Crippen MR) is 83.4 cm³/mol. The van der Waals surface area contributed by atoms with Gasteiger partial charge in [-0.2, -0.15) is 0 Å². The Morgan fingerprint density at radius 1 is 1.27 bits per heavy atom. The van der Waals surface area contributed by atoms with Crippen molar-refractivity contribution >= 4 is 17.1 Å². The molecule has 4 aliphatic heterocycles. The number of imidazole rings is 1. The van der Waals surface area contributed by atoms with Gasteiger partial charge in [0, 0.05) is 5.92 Å². The summed E-state index contributed by atoms with van der Waals surface area (Å²) in [6.45, 7) is 2.83. The van der Waals surface area contributed by atoms with Crippen LogP contribution >= 0.6 is 0 Å². The van der Waals surface area contributed by atoms with Gasteiger partial charge >= 0.3 is 0 Å². The lowest BCUT2D eigenvalue weighted by Crippen LogP contribution is -2.63. The molecule has 0 aliphatic carbocycles. The molecule has 0 amide bonds. The number of rotatable bonds is 1. The largest absolute Gasteiger partial charge is 0.454 e. The van der Waals surface area contributed by atoms with Gasteiger partial charge < -0.3 is 15.5 Å². The maximum Gasteiger partial charge on any atom is 0.282 e. The summed E-state index contributed by atoms with van der Waals surface area (Å²) in [6.07, 6.45) is 2.30. The molecule has 2 atom stereocenters. The zero-order valence-corrected chi connectivity index (χ0v) is 12.3. The first kappa shape index (κ1) is 12.5. The lowest BCUT2D eigenvalue weighted by molar-refractivity contribution is -0.135. The number of nitrogens with zero attached hydrogens (tertiary/aromatic N) is 3. The quantitative estimate of drug-likeness (QED) is 0.834. The first-order valence-electron chi connectivity index (χ1n) is 7.94. The van der Waals surface area contributed by atoms with Crippen LogP contribution in [0.5, 0.6) is 0 Å². The highest BCUT2D eigenvalue weighted by Gasteiger charge is 2.59. The second-order valence-electron chi connectivity index (χ2n) is 6.56. The van der Waals surface area contributed by atoms with Crippen LogP contribution in [0, 0.1) is 5.92 Å². The highest BCUT2D eigenvalue weighted by atomic mass is 16.5. The summed E-state index contributed by atoms with van der Waals surface area (Å²) in [7, 11) is 0. The van der Waals surface area contributed by atoms with E-state index in [1.807, 2.05) is 18.2 Å². The smallest absolute Gasteiger partial charge is 0.282 e. The summed E-state index contributed by atoms with van der Waals surface area (Å²) >= 11 is 0. The summed E-state index contributed by atoms with van der Waals surface area (Å²) in [5.41, 5.74) is 7.60. The molecule has 0 radical (unpaired) electrons. The fraction of sp³-hybridized carbons (Fsp3) is 0.500. The van der Waals surface area contributed by atoms with E-state index >= 15 is 0 Å². The average Bonchev–Trinajstić information content (AvgIpc) is 3.13. The summed E-state index contributed by atoms with van der Waals surface area (Å²) in [5, 5.41) is 0. The number of amidine groups is 1. The first-order chi connectivity index (χ1) is 10.8. The zero-order valence-electron chi connectivity index (χ0n) is 12.3. The van der Waals surface area contributed by atoms with E-state index in [1.165, 1.54) is 0 Å². The third-order valence-electron chi connectivity index (χ3n) is 5.49. The minimum Gasteiger partial charge on any atom is -0.454 e. The highest BCUT2D eigenvalue weighted by Crippen LogP contribution is 2.51. The van der Waals surface area contributed by atoms with Crippen molar-refractivity contribution in [3.05, 3.63) is 30.1 Å². The van der Waals surface area contributed by atoms with Gasteiger partial charge in [-0.1, -0.05) is 12.1 Å². The van der Waals surface area contributed by atoms with Crippen molar-refractivity contribution in [2.75, 3.05) is 19.6 Å². The van der Waals surface area contributed by atoms with Gasteiger partial charge in [0.1, 0.15) is 11.9 Å². The first-order valence-corrected chi connectivity index (χ1v) is 7.94. The van der Waals surface area contributed by atoms with E-state index in [2.05, 4.69) is 20.9 Å². The van der Waals surface area contributed by atoms with Gasteiger partial charge in [0.15, 0.2) is 5.60 Å². The van der Waals surface area contributed by atoms with Crippen LogP contribution in [-0.2, 0) is 4.74 Å². The Morgan fingerprint density at radius 3 is 2.82 bits per heavy atom. The number of ether oxygens (including phenoxy) is 1. The van der Waals surface area contributed by atoms with E-state index < -0.39 is 0 Å². The summed E-state index contributed by atoms with van der Waals surface area (Å²) < 4.78 is 6.11. The predicted octanol–water partition coefficient (Wildman–Crippen LogP) is 1.41. The van der Waals surface area contributed by atoms with Crippen molar-refractivity contribution in [1.82, 2.24) is 14.9 Å². The molecule has 114 valence electrons. The monoisotopic (exact) mass is 297 g/mol. The number of hydrogen-bond acceptors (Lipinski definition) is 5. The molecule has 1 aromatic carbocycles. The Kier molecular flexibility index (Phi) is 2.39. The SMILES string of the molecule is NC1=NCC2(O1)C1CCN(CC1)C2c1nc2ccccc2[nH]1. The number of para-hydroxylation sites is 2. The van der Waals surface area contributed by atoms with Crippen molar-refractivity contribution in [1.29, 1.82) is 0 Å². The molecule has 2 aromatic rings. The molecule has 2 bridgehead atoms. The van der Waals surface area contributed by atoms with E-state index in [1.54, 1.807) is 0 Å². The fourth-order valence-corrected chi connectivity index (χ4v) is 4.50. The molecule has 22 heavy (non-hydrogen) atoms. The molecule has 3 N–H and O–H groups in total. The highest BCUT2D eigenvalue weighted by molar-refractivity contribution is 5.76. The number of fused-ring (bicyclic) bond motifs is 3. The van der Waals surface area contributed by atoms with Crippen molar-refractivity contribution in [3.8, 4) is 0 Å². The van der Waals surface area contributed by atoms with Gasteiger partial charge in [-0.3, -0.25) is 4.90 Å². The minimum absolute atomic E-state index is 0.109. The fourth-order valence-electron chi connectivity index (χ4n) is 4.50. The van der Waals surface area contributed by atoms with Crippen LogP contribution in [0.4, 0.5) is 0 Å². The Labute approximate surface area is 128 Å². The van der Waals surface area contributed by atoms with E-state index in [-0.39, 0.29) is 11.6 Å². The van der Waals surface area contributed by atoms with Crippen LogP contribution in [0.3, 0.4) is 0 Å². The van der Waals surface area contributed by atoms with Crippen molar-refractivity contribution in [2.45, 2.75) is 24.5 Å². The van der Waals surface area contributed by atoms with Gasteiger partial charge in [0.05, 0.1) is 17.6 Å². The van der Waals surface area contributed by atoms with E-state index in [0.29, 0.717) is 18.5 Å². The van der Waals surface area contributed by atoms with Crippen LogP contribution in [0.25, 0.3) is 11.0 Å². The van der Waals surface area contributed by atoms with Crippen LogP contribution in [-0.4, -0.2) is 46.1 Å². The standard InChI is InChI=1S/C16H19N5O/c17-15-18-9-16(22-15)10-5-7-21(8-6-10)13(16)14-19-11-3-1-2-4-12(11)20-14/h1-4,10,13H,5-9H2,(H2,17,18)(H,19,20). The second kappa shape index (κ2) is 4.23. The van der Waals surface area contributed by atoms with Gasteiger partial charge in [-0.25, -0.2) is 9.98 Å². The summed E-state index contributed by atoms with van der Waals surface area (Å²) in [6, 6.07) is 8.59. The molecule has 3 fully saturated rings. The van der Waals surface area contributed by atoms with Crippen molar-refractivity contribution in [3.63, 3.8) is 0 Å². The molecular formula is C16H19N5O. The number of piperidine rings is 3. The lowest BCUT2D eigenvalue weighted by atomic mass is 9.69. The van der Waals surface area contributed by atoms with Crippen LogP contribution < -0.4 is 5.73 Å².